The van der Waals surface area contributed by atoms with Crippen molar-refractivity contribution in [3.63, 3.8) is 0 Å². The van der Waals surface area contributed by atoms with E-state index in [0.717, 1.165) is 0 Å². The number of esters is 2. The van der Waals surface area contributed by atoms with E-state index in [1.54, 1.807) is 0 Å². The molecule has 0 fully saturated rings. The highest BCUT2D eigenvalue weighted by Gasteiger charge is 2.11. The van der Waals surface area contributed by atoms with E-state index in [0.29, 0.717) is 52.2 Å². The van der Waals surface area contributed by atoms with Crippen LogP contribution in [0.4, 0.5) is 0 Å². The molecule has 0 amide bonds. The van der Waals surface area contributed by atoms with Crippen molar-refractivity contribution in [2.45, 2.75) is 13.8 Å². The van der Waals surface area contributed by atoms with Gasteiger partial charge in [0.2, 0.25) is 0 Å². The first kappa shape index (κ1) is 23.8. The van der Waals surface area contributed by atoms with E-state index in [4.69, 9.17) is 18.9 Å². The normalized spacial score (nSPS) is 10.5. The van der Waals surface area contributed by atoms with Gasteiger partial charge in [0, 0.05) is 53.1 Å². The summed E-state index contributed by atoms with van der Waals surface area (Å²) >= 11 is 0. The number of nitrogens with zero attached hydrogens (tertiary/aromatic N) is 2. The van der Waals surface area contributed by atoms with E-state index >= 15 is 0 Å². The van der Waals surface area contributed by atoms with Crippen LogP contribution in [0, 0.1) is 0 Å². The second-order valence-corrected chi connectivity index (χ2v) is 5.30. The third-order valence-electron chi connectivity index (χ3n) is 3.34. The second-order valence-electron chi connectivity index (χ2n) is 5.30. The Morgan fingerprint density at radius 2 is 1.00 bits per heavy atom. The standard InChI is InChI=1S/C16H28N2O8/c1-15(21)25-11-7-17(5-9-23-13-19)3-4-18(6-10-24-14-20)8-12-26-16(2)22/h13-14H,3-12H2,1-2H3. The largest absolute Gasteiger partial charge is 0.467 e. The summed E-state index contributed by atoms with van der Waals surface area (Å²) in [5.41, 5.74) is 0. The number of hydrogen-bond donors (Lipinski definition) is 0. The molecule has 0 saturated carbocycles. The van der Waals surface area contributed by atoms with E-state index in [1.807, 2.05) is 9.80 Å². The highest BCUT2D eigenvalue weighted by Crippen LogP contribution is 1.96. The maximum atomic E-state index is 10.9. The Bertz CT molecular complexity index is 381. The molecule has 0 atom stereocenters. The number of ether oxygens (including phenoxy) is 4. The molecule has 0 aromatic rings. The van der Waals surface area contributed by atoms with Crippen LogP contribution in [0.25, 0.3) is 0 Å². The van der Waals surface area contributed by atoms with Gasteiger partial charge in [0.15, 0.2) is 0 Å². The van der Waals surface area contributed by atoms with Crippen LogP contribution in [0.3, 0.4) is 0 Å². The van der Waals surface area contributed by atoms with E-state index in [2.05, 4.69) is 0 Å². The SMILES string of the molecule is CC(=O)OCCN(CCOC=O)CCN(CCOC=O)CCOC(C)=O. The van der Waals surface area contributed by atoms with E-state index in [9.17, 15) is 19.2 Å². The van der Waals surface area contributed by atoms with Crippen molar-refractivity contribution in [1.82, 2.24) is 9.80 Å². The quantitative estimate of drug-likeness (QED) is 0.136. The molecule has 0 aliphatic rings. The summed E-state index contributed by atoms with van der Waals surface area (Å²) in [6.45, 7) is 7.52. The number of hydrogen-bond acceptors (Lipinski definition) is 10. The predicted octanol–water partition coefficient (Wildman–Crippen LogP) is -0.937. The average molecular weight is 376 g/mol. The second kappa shape index (κ2) is 16.3. The maximum Gasteiger partial charge on any atom is 0.302 e. The predicted molar refractivity (Wildman–Crippen MR) is 90.2 cm³/mol. The summed E-state index contributed by atoms with van der Waals surface area (Å²) in [7, 11) is 0. The van der Waals surface area contributed by atoms with Gasteiger partial charge in [-0.1, -0.05) is 0 Å². The van der Waals surface area contributed by atoms with Crippen molar-refractivity contribution < 1.29 is 38.1 Å². The molecular formula is C16H28N2O8. The van der Waals surface area contributed by atoms with Crippen molar-refractivity contribution >= 4 is 24.9 Å². The fraction of sp³-hybridized carbons (Fsp3) is 0.750. The molecule has 26 heavy (non-hydrogen) atoms. The third kappa shape index (κ3) is 15.3. The van der Waals surface area contributed by atoms with Crippen LogP contribution in [0.15, 0.2) is 0 Å². The molecule has 0 radical (unpaired) electrons. The summed E-state index contributed by atoms with van der Waals surface area (Å²) in [5, 5.41) is 0. The van der Waals surface area contributed by atoms with Gasteiger partial charge in [-0.25, -0.2) is 0 Å². The molecule has 0 spiro atoms. The fourth-order valence-corrected chi connectivity index (χ4v) is 2.05. The zero-order valence-corrected chi connectivity index (χ0v) is 15.4. The van der Waals surface area contributed by atoms with Gasteiger partial charge < -0.3 is 18.9 Å². The Balaban J connectivity index is 4.43. The Morgan fingerprint density at radius 3 is 1.31 bits per heavy atom. The molecule has 0 aliphatic heterocycles. The highest BCUT2D eigenvalue weighted by molar-refractivity contribution is 5.66. The summed E-state index contributed by atoms with van der Waals surface area (Å²) in [6, 6.07) is 0. The van der Waals surface area contributed by atoms with Gasteiger partial charge in [-0.15, -0.1) is 0 Å². The molecule has 0 aromatic heterocycles. The van der Waals surface area contributed by atoms with Crippen LogP contribution < -0.4 is 0 Å². The summed E-state index contributed by atoms with van der Waals surface area (Å²) in [5.74, 6) is -0.716. The zero-order valence-electron chi connectivity index (χ0n) is 15.4. The van der Waals surface area contributed by atoms with Crippen LogP contribution in [0.2, 0.25) is 0 Å². The lowest BCUT2D eigenvalue weighted by molar-refractivity contribution is -0.142. The van der Waals surface area contributed by atoms with E-state index in [1.165, 1.54) is 13.8 Å². The molecule has 0 saturated heterocycles. The van der Waals surface area contributed by atoms with Gasteiger partial charge in [-0.05, 0) is 0 Å². The van der Waals surface area contributed by atoms with Gasteiger partial charge in [0.1, 0.15) is 26.4 Å². The third-order valence-corrected chi connectivity index (χ3v) is 3.34. The van der Waals surface area contributed by atoms with Crippen LogP contribution in [0.5, 0.6) is 0 Å². The van der Waals surface area contributed by atoms with Gasteiger partial charge in [0.05, 0.1) is 0 Å². The lowest BCUT2D eigenvalue weighted by atomic mass is 10.4. The molecule has 0 aromatic carbocycles. The Kier molecular flexibility index (Phi) is 14.9. The first-order chi connectivity index (χ1) is 12.5. The van der Waals surface area contributed by atoms with Crippen LogP contribution in [-0.4, -0.2) is 100 Å². The molecule has 0 heterocycles. The van der Waals surface area contributed by atoms with Crippen molar-refractivity contribution in [2.75, 3.05) is 65.7 Å². The number of carbonyl (C=O) groups excluding carboxylic acids is 4. The molecule has 10 heteroatoms. The highest BCUT2D eigenvalue weighted by atomic mass is 16.5. The van der Waals surface area contributed by atoms with Crippen molar-refractivity contribution in [3.8, 4) is 0 Å². The first-order valence-electron chi connectivity index (χ1n) is 8.31. The topological polar surface area (TPSA) is 112 Å². The lowest BCUT2D eigenvalue weighted by Gasteiger charge is -2.27. The Hall–Kier alpha value is -2.20. The minimum Gasteiger partial charge on any atom is -0.467 e. The van der Waals surface area contributed by atoms with Crippen molar-refractivity contribution in [2.24, 2.45) is 0 Å². The van der Waals surface area contributed by atoms with Crippen LogP contribution in [0.1, 0.15) is 13.8 Å². The van der Waals surface area contributed by atoms with E-state index < -0.39 is 0 Å². The molecule has 0 aliphatic carbocycles. The fourth-order valence-electron chi connectivity index (χ4n) is 2.05. The van der Waals surface area contributed by atoms with Gasteiger partial charge >= 0.3 is 11.9 Å². The molecule has 150 valence electrons. The maximum absolute atomic E-state index is 10.9. The average Bonchev–Trinajstić information content (AvgIpc) is 2.58. The lowest BCUT2D eigenvalue weighted by Crippen LogP contribution is -2.41. The summed E-state index contributed by atoms with van der Waals surface area (Å²) in [4.78, 5) is 46.2. The first-order valence-corrected chi connectivity index (χ1v) is 8.31. The Labute approximate surface area is 153 Å². The minimum atomic E-state index is -0.358. The molecule has 0 rings (SSSR count). The zero-order chi connectivity index (χ0) is 19.6. The summed E-state index contributed by atoms with van der Waals surface area (Å²) < 4.78 is 19.3. The van der Waals surface area contributed by atoms with Crippen LogP contribution >= 0.6 is 0 Å². The minimum absolute atomic E-state index is 0.227. The molecular weight excluding hydrogens is 348 g/mol. The molecule has 0 N–H and O–H groups in total. The van der Waals surface area contributed by atoms with Crippen molar-refractivity contribution in [1.29, 1.82) is 0 Å². The number of rotatable bonds is 17. The van der Waals surface area contributed by atoms with Gasteiger partial charge in [0.25, 0.3) is 12.9 Å². The van der Waals surface area contributed by atoms with E-state index in [-0.39, 0.29) is 38.4 Å². The molecule has 0 bridgehead atoms. The van der Waals surface area contributed by atoms with Crippen molar-refractivity contribution in [3.05, 3.63) is 0 Å². The molecule has 10 nitrogen and oxygen atoms in total. The number of carbonyl (C=O) groups is 4. The van der Waals surface area contributed by atoms with Crippen LogP contribution in [-0.2, 0) is 38.1 Å². The monoisotopic (exact) mass is 376 g/mol. The summed E-state index contributed by atoms with van der Waals surface area (Å²) in [6.07, 6.45) is 0. The van der Waals surface area contributed by atoms with Gasteiger partial charge in [-0.3, -0.25) is 29.0 Å². The smallest absolute Gasteiger partial charge is 0.302 e. The Morgan fingerprint density at radius 1 is 0.654 bits per heavy atom. The molecule has 0 unspecified atom stereocenters. The van der Waals surface area contributed by atoms with Gasteiger partial charge in [-0.2, -0.15) is 0 Å².